The molecule has 0 saturated heterocycles. The molecule has 0 saturated carbocycles. The van der Waals surface area contributed by atoms with E-state index in [2.05, 4.69) is 11.8 Å². The van der Waals surface area contributed by atoms with Crippen molar-refractivity contribution in [1.29, 1.82) is 0 Å². The summed E-state index contributed by atoms with van der Waals surface area (Å²) in [7, 11) is 0. The molecule has 0 spiro atoms. The topological polar surface area (TPSA) is 37.3 Å². The van der Waals surface area contributed by atoms with Gasteiger partial charge in [0.05, 0.1) is 11.6 Å². The summed E-state index contributed by atoms with van der Waals surface area (Å²) in [5.41, 5.74) is 1.20. The molecule has 1 rings (SSSR count). The Morgan fingerprint density at radius 2 is 2.29 bits per heavy atom. The zero-order valence-electron chi connectivity index (χ0n) is 7.46. The fraction of sp³-hybridized carbons (Fsp3) is 0.182. The van der Waals surface area contributed by atoms with Gasteiger partial charge < -0.3 is 5.11 Å². The lowest BCUT2D eigenvalue weighted by atomic mass is 10.1. The van der Waals surface area contributed by atoms with Crippen molar-refractivity contribution in [2.45, 2.75) is 6.42 Å². The van der Waals surface area contributed by atoms with Crippen LogP contribution >= 0.6 is 11.6 Å². The highest BCUT2D eigenvalue weighted by Crippen LogP contribution is 2.15. The molecule has 1 aromatic rings. The lowest BCUT2D eigenvalue weighted by Crippen LogP contribution is -1.83. The number of carbonyl (C=O) groups is 1. The molecule has 0 heterocycles. The van der Waals surface area contributed by atoms with Crippen LogP contribution in [-0.4, -0.2) is 18.0 Å². The number of hydrogen-bond acceptors (Lipinski definition) is 2. The smallest absolute Gasteiger partial charge is 0.150 e. The largest absolute Gasteiger partial charge is 0.395 e. The maximum Gasteiger partial charge on any atom is 0.150 e. The summed E-state index contributed by atoms with van der Waals surface area (Å²) in [6.07, 6.45) is 1.16. The van der Waals surface area contributed by atoms with Crippen LogP contribution in [0.5, 0.6) is 0 Å². The highest BCUT2D eigenvalue weighted by atomic mass is 35.5. The molecule has 14 heavy (non-hydrogen) atoms. The van der Waals surface area contributed by atoms with Gasteiger partial charge in [0.1, 0.15) is 6.29 Å². The van der Waals surface area contributed by atoms with E-state index >= 15 is 0 Å². The SMILES string of the molecule is O=Cc1ccc(C#CCCO)c(Cl)c1. The summed E-state index contributed by atoms with van der Waals surface area (Å²) in [5.74, 6) is 5.56. The van der Waals surface area contributed by atoms with Crippen molar-refractivity contribution in [2.75, 3.05) is 6.61 Å². The first-order chi connectivity index (χ1) is 6.77. The molecule has 1 N–H and O–H groups in total. The second-order valence-corrected chi connectivity index (χ2v) is 3.04. The van der Waals surface area contributed by atoms with E-state index in [-0.39, 0.29) is 6.61 Å². The minimum absolute atomic E-state index is 0.0387. The zero-order valence-corrected chi connectivity index (χ0v) is 8.21. The van der Waals surface area contributed by atoms with Gasteiger partial charge >= 0.3 is 0 Å². The van der Waals surface area contributed by atoms with Crippen LogP contribution in [0.15, 0.2) is 18.2 Å². The standard InChI is InChI=1S/C11H9ClO2/c12-11-7-9(8-14)4-5-10(11)3-1-2-6-13/h4-5,7-8,13H,2,6H2. The van der Waals surface area contributed by atoms with E-state index < -0.39 is 0 Å². The van der Waals surface area contributed by atoms with E-state index in [1.54, 1.807) is 18.2 Å². The molecular formula is C11H9ClO2. The lowest BCUT2D eigenvalue weighted by Gasteiger charge is -1.95. The summed E-state index contributed by atoms with van der Waals surface area (Å²) >= 11 is 5.86. The van der Waals surface area contributed by atoms with Crippen LogP contribution in [0, 0.1) is 11.8 Å². The molecule has 0 aliphatic carbocycles. The maximum atomic E-state index is 10.4. The van der Waals surface area contributed by atoms with Crippen LogP contribution in [0.4, 0.5) is 0 Å². The van der Waals surface area contributed by atoms with Gasteiger partial charge in [0.2, 0.25) is 0 Å². The van der Waals surface area contributed by atoms with Gasteiger partial charge in [0, 0.05) is 17.5 Å². The second kappa shape index (κ2) is 5.43. The van der Waals surface area contributed by atoms with E-state index in [1.165, 1.54) is 0 Å². The molecule has 0 radical (unpaired) electrons. The first-order valence-electron chi connectivity index (χ1n) is 4.12. The maximum absolute atomic E-state index is 10.4. The molecule has 0 aromatic heterocycles. The predicted molar refractivity (Wildman–Crippen MR) is 55.4 cm³/mol. The van der Waals surface area contributed by atoms with Crippen molar-refractivity contribution in [3.8, 4) is 11.8 Å². The van der Waals surface area contributed by atoms with Gasteiger partial charge in [-0.3, -0.25) is 4.79 Å². The number of aldehydes is 1. The van der Waals surface area contributed by atoms with Crippen LogP contribution < -0.4 is 0 Å². The average molecular weight is 209 g/mol. The molecule has 3 heteroatoms. The van der Waals surface area contributed by atoms with Gasteiger partial charge in [-0.15, -0.1) is 0 Å². The van der Waals surface area contributed by atoms with E-state index in [9.17, 15) is 4.79 Å². The molecule has 0 aliphatic heterocycles. The third-order valence-electron chi connectivity index (χ3n) is 1.59. The minimum atomic E-state index is 0.0387. The highest BCUT2D eigenvalue weighted by Gasteiger charge is 1.97. The zero-order chi connectivity index (χ0) is 10.4. The number of halogens is 1. The fourth-order valence-electron chi connectivity index (χ4n) is 0.920. The van der Waals surface area contributed by atoms with Gasteiger partial charge in [0.15, 0.2) is 0 Å². The molecule has 0 bridgehead atoms. The molecule has 0 atom stereocenters. The normalized spacial score (nSPS) is 9.00. The molecule has 0 amide bonds. The Morgan fingerprint density at radius 1 is 1.50 bits per heavy atom. The Kier molecular flexibility index (Phi) is 4.18. The number of aliphatic hydroxyl groups excluding tert-OH is 1. The summed E-state index contributed by atoms with van der Waals surface area (Å²) in [6.45, 7) is 0.0387. The summed E-state index contributed by atoms with van der Waals surface area (Å²) in [6, 6.07) is 4.91. The van der Waals surface area contributed by atoms with Crippen molar-refractivity contribution in [2.24, 2.45) is 0 Å². The number of aliphatic hydroxyl groups is 1. The van der Waals surface area contributed by atoms with Crippen molar-refractivity contribution < 1.29 is 9.90 Å². The molecular weight excluding hydrogens is 200 g/mol. The van der Waals surface area contributed by atoms with E-state index in [4.69, 9.17) is 16.7 Å². The molecule has 1 aromatic carbocycles. The third kappa shape index (κ3) is 2.88. The van der Waals surface area contributed by atoms with Gasteiger partial charge in [0.25, 0.3) is 0 Å². The molecule has 2 nitrogen and oxygen atoms in total. The predicted octanol–water partition coefficient (Wildman–Crippen LogP) is 1.89. The van der Waals surface area contributed by atoms with Crippen LogP contribution in [-0.2, 0) is 0 Å². The minimum Gasteiger partial charge on any atom is -0.395 e. The van der Waals surface area contributed by atoms with E-state index in [0.29, 0.717) is 22.6 Å². The third-order valence-corrected chi connectivity index (χ3v) is 1.90. The number of carbonyl (C=O) groups excluding carboxylic acids is 1. The molecule has 0 unspecified atom stereocenters. The van der Waals surface area contributed by atoms with Crippen molar-refractivity contribution in [1.82, 2.24) is 0 Å². The van der Waals surface area contributed by atoms with Crippen LogP contribution in [0.1, 0.15) is 22.3 Å². The van der Waals surface area contributed by atoms with Crippen molar-refractivity contribution in [3.63, 3.8) is 0 Å². The van der Waals surface area contributed by atoms with Gasteiger partial charge in [-0.2, -0.15) is 0 Å². The fourth-order valence-corrected chi connectivity index (χ4v) is 1.16. The molecule has 72 valence electrons. The first kappa shape index (κ1) is 10.8. The van der Waals surface area contributed by atoms with Gasteiger partial charge in [-0.25, -0.2) is 0 Å². The van der Waals surface area contributed by atoms with E-state index in [1.807, 2.05) is 0 Å². The van der Waals surface area contributed by atoms with Crippen LogP contribution in [0.3, 0.4) is 0 Å². The summed E-state index contributed by atoms with van der Waals surface area (Å²) < 4.78 is 0. The Morgan fingerprint density at radius 3 is 2.86 bits per heavy atom. The molecule has 0 aliphatic rings. The Hall–Kier alpha value is -1.30. The van der Waals surface area contributed by atoms with Crippen LogP contribution in [0.25, 0.3) is 0 Å². The quantitative estimate of drug-likeness (QED) is 0.595. The molecule has 0 fully saturated rings. The lowest BCUT2D eigenvalue weighted by molar-refractivity contribution is 0.112. The second-order valence-electron chi connectivity index (χ2n) is 2.63. The summed E-state index contributed by atoms with van der Waals surface area (Å²) in [4.78, 5) is 10.4. The Bertz CT molecular complexity index is 388. The number of hydrogen-bond donors (Lipinski definition) is 1. The van der Waals surface area contributed by atoms with Crippen LogP contribution in [0.2, 0.25) is 5.02 Å². The monoisotopic (exact) mass is 208 g/mol. The Labute approximate surface area is 87.5 Å². The number of rotatable bonds is 2. The summed E-state index contributed by atoms with van der Waals surface area (Å²) in [5, 5.41) is 8.97. The average Bonchev–Trinajstić information content (AvgIpc) is 2.20. The van der Waals surface area contributed by atoms with Crippen molar-refractivity contribution in [3.05, 3.63) is 34.3 Å². The van der Waals surface area contributed by atoms with E-state index in [0.717, 1.165) is 6.29 Å². The van der Waals surface area contributed by atoms with Gasteiger partial charge in [-0.1, -0.05) is 29.5 Å². The highest BCUT2D eigenvalue weighted by molar-refractivity contribution is 6.32. The number of benzene rings is 1. The van der Waals surface area contributed by atoms with Crippen molar-refractivity contribution >= 4 is 17.9 Å². The Balaban J connectivity index is 2.90. The first-order valence-corrected chi connectivity index (χ1v) is 4.50. The van der Waals surface area contributed by atoms with Gasteiger partial charge in [-0.05, 0) is 12.1 Å².